The van der Waals surface area contributed by atoms with Crippen LogP contribution in [0.3, 0.4) is 0 Å². The molecule has 2 aliphatic rings. The van der Waals surface area contributed by atoms with Gasteiger partial charge in [-0.1, -0.05) is 16.8 Å². The van der Waals surface area contributed by atoms with Gasteiger partial charge in [0.1, 0.15) is 16.3 Å². The summed E-state index contributed by atoms with van der Waals surface area (Å²) >= 11 is 6.49. The lowest BCUT2D eigenvalue weighted by Crippen LogP contribution is -2.45. The zero-order chi connectivity index (χ0) is 20.8. The molecule has 3 aromatic rings. The van der Waals surface area contributed by atoms with Crippen LogP contribution in [0, 0.1) is 5.92 Å². The third kappa shape index (κ3) is 3.71. The normalized spacial score (nSPS) is 17.8. The molecule has 1 N–H and O–H groups in total. The van der Waals surface area contributed by atoms with Gasteiger partial charge in [-0.3, -0.25) is 4.79 Å². The summed E-state index contributed by atoms with van der Waals surface area (Å²) in [7, 11) is 0. The SMILES string of the molecule is CC(=O)N[C@@H](C)c1cc(C2CN(c3nc4ccc(OCC5CC5)c(Cl)c4o3)C2)no1. The van der Waals surface area contributed by atoms with Crippen molar-refractivity contribution < 1.29 is 18.5 Å². The van der Waals surface area contributed by atoms with Crippen LogP contribution in [0.2, 0.25) is 5.02 Å². The number of hydrogen-bond acceptors (Lipinski definition) is 7. The first-order valence-electron chi connectivity index (χ1n) is 10.2. The minimum Gasteiger partial charge on any atom is -0.492 e. The summed E-state index contributed by atoms with van der Waals surface area (Å²) < 4.78 is 17.2. The summed E-state index contributed by atoms with van der Waals surface area (Å²) in [5.41, 5.74) is 2.13. The molecule has 9 heteroatoms. The number of benzene rings is 1. The number of fused-ring (bicyclic) bond motifs is 1. The first kappa shape index (κ1) is 19.2. The number of amides is 1. The monoisotopic (exact) mass is 430 g/mol. The number of oxazole rings is 1. The van der Waals surface area contributed by atoms with Crippen LogP contribution in [-0.2, 0) is 4.79 Å². The second kappa shape index (κ2) is 7.50. The maximum absolute atomic E-state index is 11.2. The van der Waals surface area contributed by atoms with Crippen LogP contribution in [0.4, 0.5) is 6.01 Å². The van der Waals surface area contributed by atoms with E-state index in [-0.39, 0.29) is 17.9 Å². The van der Waals surface area contributed by atoms with Gasteiger partial charge in [0.15, 0.2) is 11.3 Å². The lowest BCUT2D eigenvalue weighted by Gasteiger charge is -2.36. The summed E-state index contributed by atoms with van der Waals surface area (Å²) in [5.74, 6) is 2.05. The van der Waals surface area contributed by atoms with Crippen molar-refractivity contribution in [2.45, 2.75) is 38.6 Å². The van der Waals surface area contributed by atoms with Gasteiger partial charge in [0.25, 0.3) is 6.01 Å². The lowest BCUT2D eigenvalue weighted by molar-refractivity contribution is -0.119. The topological polar surface area (TPSA) is 93.6 Å². The second-order valence-electron chi connectivity index (χ2n) is 8.16. The van der Waals surface area contributed by atoms with Gasteiger partial charge in [-0.25, -0.2) is 0 Å². The van der Waals surface area contributed by atoms with Crippen molar-refractivity contribution in [2.24, 2.45) is 5.92 Å². The van der Waals surface area contributed by atoms with Crippen molar-refractivity contribution in [3.63, 3.8) is 0 Å². The number of aromatic nitrogens is 2. The lowest BCUT2D eigenvalue weighted by atomic mass is 9.96. The first-order valence-corrected chi connectivity index (χ1v) is 10.6. The van der Waals surface area contributed by atoms with Gasteiger partial charge in [0.05, 0.1) is 18.3 Å². The fourth-order valence-corrected chi connectivity index (χ4v) is 3.82. The molecule has 2 fully saturated rings. The number of rotatable bonds is 7. The second-order valence-corrected chi connectivity index (χ2v) is 8.53. The minimum absolute atomic E-state index is 0.106. The summed E-state index contributed by atoms with van der Waals surface area (Å²) in [5, 5.41) is 7.43. The molecule has 1 aromatic carbocycles. The van der Waals surface area contributed by atoms with E-state index >= 15 is 0 Å². The fraction of sp³-hybridized carbons (Fsp3) is 0.476. The number of nitrogens with one attached hydrogen (secondary N) is 1. The molecular formula is C21H23ClN4O4. The summed E-state index contributed by atoms with van der Waals surface area (Å²) in [6, 6.07) is 5.95. The number of carbonyl (C=O) groups is 1. The minimum atomic E-state index is -0.213. The van der Waals surface area contributed by atoms with E-state index in [0.717, 1.165) is 18.8 Å². The molecule has 0 spiro atoms. The maximum atomic E-state index is 11.2. The smallest absolute Gasteiger partial charge is 0.298 e. The number of carbonyl (C=O) groups excluding carboxylic acids is 1. The van der Waals surface area contributed by atoms with Crippen molar-refractivity contribution in [1.82, 2.24) is 15.5 Å². The van der Waals surface area contributed by atoms with Crippen molar-refractivity contribution >= 4 is 34.6 Å². The van der Waals surface area contributed by atoms with Gasteiger partial charge < -0.3 is 23.9 Å². The van der Waals surface area contributed by atoms with E-state index < -0.39 is 0 Å². The van der Waals surface area contributed by atoms with Gasteiger partial charge in [-0.2, -0.15) is 4.98 Å². The largest absolute Gasteiger partial charge is 0.492 e. The molecule has 0 radical (unpaired) electrons. The Morgan fingerprint density at radius 2 is 2.20 bits per heavy atom. The summed E-state index contributed by atoms with van der Waals surface area (Å²) in [4.78, 5) is 17.8. The zero-order valence-corrected chi connectivity index (χ0v) is 17.6. The van der Waals surface area contributed by atoms with E-state index in [1.54, 1.807) is 0 Å². The van der Waals surface area contributed by atoms with Crippen LogP contribution in [0.25, 0.3) is 11.1 Å². The first-order chi connectivity index (χ1) is 14.5. The number of halogens is 1. The highest BCUT2D eigenvalue weighted by Crippen LogP contribution is 2.39. The highest BCUT2D eigenvalue weighted by atomic mass is 35.5. The molecule has 1 aliphatic heterocycles. The number of nitrogens with zero attached hydrogens (tertiary/aromatic N) is 3. The molecule has 30 heavy (non-hydrogen) atoms. The van der Waals surface area contributed by atoms with E-state index in [0.29, 0.717) is 46.2 Å². The van der Waals surface area contributed by atoms with Crippen LogP contribution in [0.1, 0.15) is 50.1 Å². The van der Waals surface area contributed by atoms with Gasteiger partial charge in [0.2, 0.25) is 5.91 Å². The van der Waals surface area contributed by atoms with Crippen LogP contribution < -0.4 is 15.0 Å². The quantitative estimate of drug-likeness (QED) is 0.604. The molecule has 0 bridgehead atoms. The highest BCUT2D eigenvalue weighted by molar-refractivity contribution is 6.36. The Morgan fingerprint density at radius 3 is 2.93 bits per heavy atom. The third-order valence-corrected chi connectivity index (χ3v) is 5.94. The third-order valence-electron chi connectivity index (χ3n) is 5.59. The van der Waals surface area contributed by atoms with E-state index in [4.69, 9.17) is 25.3 Å². The van der Waals surface area contributed by atoms with E-state index in [1.807, 2.05) is 30.0 Å². The Hall–Kier alpha value is -2.74. The molecule has 0 unspecified atom stereocenters. The molecule has 1 saturated carbocycles. The van der Waals surface area contributed by atoms with Crippen LogP contribution in [0.5, 0.6) is 5.75 Å². The number of hydrogen-bond donors (Lipinski definition) is 1. The standard InChI is InChI=1S/C21H23ClN4O4/c1-11(23-12(2)27)18-7-16(25-30-18)14-8-26(9-14)21-24-15-5-6-17(19(22)20(15)29-21)28-10-13-3-4-13/h5-7,11,13-14H,3-4,8-10H2,1-2H3,(H,23,27)/t11-/m0/s1. The Bertz CT molecular complexity index is 1080. The Morgan fingerprint density at radius 1 is 1.40 bits per heavy atom. The predicted octanol–water partition coefficient (Wildman–Crippen LogP) is 4.06. The van der Waals surface area contributed by atoms with Crippen molar-refractivity contribution in [3.8, 4) is 5.75 Å². The maximum Gasteiger partial charge on any atom is 0.298 e. The average molecular weight is 431 g/mol. The van der Waals surface area contributed by atoms with Gasteiger partial charge >= 0.3 is 0 Å². The predicted molar refractivity (Wildman–Crippen MR) is 111 cm³/mol. The molecule has 5 rings (SSSR count). The molecule has 158 valence electrons. The van der Waals surface area contributed by atoms with Gasteiger partial charge in [-0.15, -0.1) is 0 Å². The summed E-state index contributed by atoms with van der Waals surface area (Å²) in [6.07, 6.45) is 2.45. The number of ether oxygens (including phenoxy) is 1. The Balaban J connectivity index is 1.25. The van der Waals surface area contributed by atoms with Crippen LogP contribution in [0.15, 0.2) is 27.1 Å². The van der Waals surface area contributed by atoms with Gasteiger partial charge in [0, 0.05) is 32.0 Å². The molecule has 8 nitrogen and oxygen atoms in total. The Kier molecular flexibility index (Phi) is 4.81. The molecule has 1 aliphatic carbocycles. The van der Waals surface area contributed by atoms with Crippen LogP contribution in [-0.4, -0.2) is 35.7 Å². The van der Waals surface area contributed by atoms with Crippen molar-refractivity contribution in [1.29, 1.82) is 0 Å². The molecule has 1 amide bonds. The number of anilines is 1. The van der Waals surface area contributed by atoms with Crippen LogP contribution >= 0.6 is 11.6 Å². The molecular weight excluding hydrogens is 408 g/mol. The molecule has 3 heterocycles. The fourth-order valence-electron chi connectivity index (χ4n) is 3.57. The van der Waals surface area contributed by atoms with E-state index in [2.05, 4.69) is 15.5 Å². The zero-order valence-electron chi connectivity index (χ0n) is 16.9. The summed E-state index contributed by atoms with van der Waals surface area (Å²) in [6.45, 7) is 5.47. The Labute approximate surface area is 178 Å². The molecule has 1 atom stereocenters. The molecule has 2 aromatic heterocycles. The molecule has 1 saturated heterocycles. The highest BCUT2D eigenvalue weighted by Gasteiger charge is 2.34. The van der Waals surface area contributed by atoms with Crippen molar-refractivity contribution in [3.05, 3.63) is 34.7 Å². The van der Waals surface area contributed by atoms with Crippen molar-refractivity contribution in [2.75, 3.05) is 24.6 Å². The average Bonchev–Trinajstić information content (AvgIpc) is 3.19. The van der Waals surface area contributed by atoms with E-state index in [1.165, 1.54) is 19.8 Å². The van der Waals surface area contributed by atoms with Gasteiger partial charge in [-0.05, 0) is 37.8 Å². The van der Waals surface area contributed by atoms with E-state index in [9.17, 15) is 4.79 Å².